The average molecular weight is 434 g/mol. The Hall–Kier alpha value is -2.72. The second-order valence-corrected chi connectivity index (χ2v) is 8.08. The number of rotatable bonds is 8. The number of hydrogen-bond donors (Lipinski definition) is 1. The third-order valence-corrected chi connectivity index (χ3v) is 5.91. The lowest BCUT2D eigenvalue weighted by molar-refractivity contribution is -0.386. The lowest BCUT2D eigenvalue weighted by atomic mass is 10.1. The van der Waals surface area contributed by atoms with Crippen molar-refractivity contribution >= 4 is 45.9 Å². The fourth-order valence-electron chi connectivity index (χ4n) is 3.04. The molecular weight excluding hydrogens is 416 g/mol. The van der Waals surface area contributed by atoms with Gasteiger partial charge in [0.15, 0.2) is 0 Å². The maximum absolute atomic E-state index is 12.7. The minimum Gasteiger partial charge on any atom is -0.481 e. The minimum absolute atomic E-state index is 0.0442. The Labute approximate surface area is 176 Å². The number of carboxylic acid groups (broad SMARTS) is 1. The van der Waals surface area contributed by atoms with E-state index >= 15 is 0 Å². The summed E-state index contributed by atoms with van der Waals surface area (Å²) in [6.07, 6.45) is 4.66. The molecule has 2 aliphatic heterocycles. The number of carboxylic acids is 1. The van der Waals surface area contributed by atoms with Gasteiger partial charge >= 0.3 is 5.97 Å². The third-order valence-electron chi connectivity index (χ3n) is 4.46. The number of para-hydroxylation sites is 1. The fraction of sp³-hybridized carbons (Fsp3) is 0.316. The van der Waals surface area contributed by atoms with E-state index in [2.05, 4.69) is 0 Å². The van der Waals surface area contributed by atoms with Gasteiger partial charge in [0.25, 0.3) is 11.6 Å². The van der Waals surface area contributed by atoms with Gasteiger partial charge in [-0.3, -0.25) is 24.6 Å². The molecule has 0 aromatic heterocycles. The smallest absolute Gasteiger partial charge is 0.303 e. The van der Waals surface area contributed by atoms with Crippen molar-refractivity contribution in [3.63, 3.8) is 0 Å². The molecule has 1 amide bonds. The number of ether oxygens (including phenoxy) is 1. The Morgan fingerprint density at radius 2 is 2.07 bits per heavy atom. The first-order chi connectivity index (χ1) is 13.9. The molecule has 0 spiro atoms. The predicted molar refractivity (Wildman–Crippen MR) is 111 cm³/mol. The van der Waals surface area contributed by atoms with E-state index < -0.39 is 17.0 Å². The highest BCUT2D eigenvalue weighted by Gasteiger charge is 2.36. The van der Waals surface area contributed by atoms with Gasteiger partial charge < -0.3 is 9.84 Å². The number of benzene rings is 1. The third kappa shape index (κ3) is 4.83. The van der Waals surface area contributed by atoms with Gasteiger partial charge in [-0.05, 0) is 31.1 Å². The number of nitrogens with zero attached hydrogens (tertiary/aromatic N) is 2. The molecule has 0 saturated carbocycles. The number of nitro benzene ring substituents is 1. The van der Waals surface area contributed by atoms with Crippen molar-refractivity contribution < 1.29 is 24.4 Å². The van der Waals surface area contributed by atoms with Crippen LogP contribution in [0.3, 0.4) is 0 Å². The molecule has 0 radical (unpaired) electrons. The first-order valence-corrected chi connectivity index (χ1v) is 10.2. The van der Waals surface area contributed by atoms with E-state index in [0.29, 0.717) is 46.4 Å². The summed E-state index contributed by atoms with van der Waals surface area (Å²) in [5, 5.41) is 19.9. The molecule has 1 N–H and O–H groups in total. The highest BCUT2D eigenvalue weighted by Crippen LogP contribution is 2.40. The van der Waals surface area contributed by atoms with Crippen molar-refractivity contribution in [3.05, 3.63) is 62.8 Å². The quantitative estimate of drug-likeness (QED) is 0.215. The number of nitro groups is 1. The van der Waals surface area contributed by atoms with Gasteiger partial charge in [0.05, 0.1) is 10.5 Å². The number of carbonyl (C=O) groups excluding carboxylic acids is 1. The van der Waals surface area contributed by atoms with Gasteiger partial charge in [-0.15, -0.1) is 0 Å². The molecule has 3 rings (SSSR count). The van der Waals surface area contributed by atoms with Crippen molar-refractivity contribution in [3.8, 4) is 0 Å². The van der Waals surface area contributed by atoms with E-state index in [4.69, 9.17) is 22.1 Å². The Morgan fingerprint density at radius 1 is 1.31 bits per heavy atom. The first-order valence-electron chi connectivity index (χ1n) is 8.96. The second kappa shape index (κ2) is 9.19. The maximum Gasteiger partial charge on any atom is 0.303 e. The zero-order valence-electron chi connectivity index (χ0n) is 15.3. The molecule has 1 aromatic rings. The number of amides is 1. The first kappa shape index (κ1) is 21.0. The van der Waals surface area contributed by atoms with Gasteiger partial charge in [-0.2, -0.15) is 0 Å². The molecule has 8 nitrogen and oxygen atoms in total. The summed E-state index contributed by atoms with van der Waals surface area (Å²) in [5.74, 6) is -0.751. The zero-order chi connectivity index (χ0) is 21.0. The van der Waals surface area contributed by atoms with Crippen LogP contribution < -0.4 is 0 Å². The number of hydrogen-bond acceptors (Lipinski definition) is 7. The van der Waals surface area contributed by atoms with Crippen LogP contribution in [0.15, 0.2) is 47.1 Å². The summed E-state index contributed by atoms with van der Waals surface area (Å²) in [6, 6.07) is 6.32. The van der Waals surface area contributed by atoms with Crippen molar-refractivity contribution in [2.24, 2.45) is 0 Å². The second-order valence-electron chi connectivity index (χ2n) is 6.44. The van der Waals surface area contributed by atoms with Crippen molar-refractivity contribution in [2.75, 3.05) is 6.54 Å². The molecule has 152 valence electrons. The Bertz CT molecular complexity index is 927. The monoisotopic (exact) mass is 434 g/mol. The Balaban J connectivity index is 1.66. The number of carbonyl (C=O) groups is 2. The van der Waals surface area contributed by atoms with Crippen molar-refractivity contribution in [2.45, 2.75) is 31.8 Å². The van der Waals surface area contributed by atoms with Gasteiger partial charge in [0, 0.05) is 19.0 Å². The summed E-state index contributed by atoms with van der Waals surface area (Å²) < 4.78 is 6.25. The molecule has 2 heterocycles. The van der Waals surface area contributed by atoms with E-state index in [-0.39, 0.29) is 18.0 Å². The van der Waals surface area contributed by atoms with Gasteiger partial charge in [0.1, 0.15) is 21.1 Å². The number of thioether (sulfide) groups is 1. The average Bonchev–Trinajstić information content (AvgIpc) is 3.27. The zero-order valence-corrected chi connectivity index (χ0v) is 16.9. The van der Waals surface area contributed by atoms with Crippen LogP contribution in [0.5, 0.6) is 0 Å². The van der Waals surface area contributed by atoms with E-state index in [9.17, 15) is 19.7 Å². The van der Waals surface area contributed by atoms with Crippen LogP contribution in [0.4, 0.5) is 5.69 Å². The lowest BCUT2D eigenvalue weighted by Gasteiger charge is -2.14. The number of aliphatic carboxylic acids is 1. The molecule has 1 fully saturated rings. The van der Waals surface area contributed by atoms with Crippen molar-refractivity contribution in [1.29, 1.82) is 0 Å². The molecule has 2 aliphatic rings. The van der Waals surface area contributed by atoms with Crippen LogP contribution in [0.25, 0.3) is 0 Å². The van der Waals surface area contributed by atoms with E-state index in [0.717, 1.165) is 11.8 Å². The summed E-state index contributed by atoms with van der Waals surface area (Å²) in [6.45, 7) is 0.415. The Kier molecular flexibility index (Phi) is 6.65. The number of allylic oxidation sites excluding steroid dienone is 1. The van der Waals surface area contributed by atoms with Gasteiger partial charge in [-0.1, -0.05) is 42.5 Å². The van der Waals surface area contributed by atoms with E-state index in [1.807, 2.05) is 0 Å². The molecule has 1 atom stereocenters. The SMILES string of the molecule is O=C(O)CCCCCN1C(=O)C(=C2C=CC(c3ccccc3[N+](=O)[O-])O2)SC1=S. The normalized spacial score (nSPS) is 21.0. The summed E-state index contributed by atoms with van der Waals surface area (Å²) >= 11 is 6.44. The van der Waals surface area contributed by atoms with Crippen LogP contribution in [0, 0.1) is 10.1 Å². The van der Waals surface area contributed by atoms with Crippen LogP contribution >= 0.6 is 24.0 Å². The summed E-state index contributed by atoms with van der Waals surface area (Å²) in [5.41, 5.74) is 0.370. The minimum atomic E-state index is -0.835. The maximum atomic E-state index is 12.7. The standard InChI is InChI=1S/C19H18N2O6S2/c22-16(23)8-2-1-5-11-20-18(24)17(29-19(20)28)15-10-9-14(27-15)12-6-3-4-7-13(12)21(25)26/h3-4,6-7,9-10,14H,1-2,5,8,11H2,(H,22,23). The van der Waals surface area contributed by atoms with Crippen molar-refractivity contribution in [1.82, 2.24) is 4.90 Å². The topological polar surface area (TPSA) is 110 Å². The van der Waals surface area contributed by atoms with Crippen LogP contribution in [-0.2, 0) is 14.3 Å². The van der Waals surface area contributed by atoms with Gasteiger partial charge in [-0.25, -0.2) is 0 Å². The molecule has 1 aromatic carbocycles. The molecule has 1 unspecified atom stereocenters. The molecule has 0 aliphatic carbocycles. The largest absolute Gasteiger partial charge is 0.481 e. The highest BCUT2D eigenvalue weighted by molar-refractivity contribution is 8.26. The Morgan fingerprint density at radius 3 is 2.79 bits per heavy atom. The van der Waals surface area contributed by atoms with E-state index in [1.165, 1.54) is 11.0 Å². The summed E-state index contributed by atoms with van der Waals surface area (Å²) in [4.78, 5) is 35.9. The van der Waals surface area contributed by atoms with Crippen LogP contribution in [0.2, 0.25) is 0 Å². The lowest BCUT2D eigenvalue weighted by Crippen LogP contribution is -2.29. The van der Waals surface area contributed by atoms with Gasteiger partial charge in [0.2, 0.25) is 0 Å². The molecule has 0 bridgehead atoms. The van der Waals surface area contributed by atoms with Crippen LogP contribution in [-0.4, -0.2) is 37.7 Å². The predicted octanol–water partition coefficient (Wildman–Crippen LogP) is 3.94. The molecule has 1 saturated heterocycles. The van der Waals surface area contributed by atoms with Crippen LogP contribution in [0.1, 0.15) is 37.4 Å². The summed E-state index contributed by atoms with van der Waals surface area (Å²) in [7, 11) is 0. The molecule has 29 heavy (non-hydrogen) atoms. The van der Waals surface area contributed by atoms with E-state index in [1.54, 1.807) is 30.4 Å². The number of unbranched alkanes of at least 4 members (excludes halogenated alkanes) is 2. The fourth-order valence-corrected chi connectivity index (χ4v) is 4.34. The molecular formula is C19H18N2O6S2. The number of thiocarbonyl (C=S) groups is 1. The highest BCUT2D eigenvalue weighted by atomic mass is 32.2. The molecule has 10 heteroatoms.